The zero-order valence-electron chi connectivity index (χ0n) is 3.76. The van der Waals surface area contributed by atoms with Gasteiger partial charge >= 0.3 is 0 Å². The van der Waals surface area contributed by atoms with Gasteiger partial charge in [0.2, 0.25) is 0 Å². The zero-order chi connectivity index (χ0) is 5.54. The molecule has 0 aliphatic carbocycles. The van der Waals surface area contributed by atoms with E-state index in [-0.39, 0.29) is 0 Å². The molecule has 0 heterocycles. The Labute approximate surface area is 47.8 Å². The average Bonchev–Trinajstić information content (AvgIpc) is 1.69. The Kier molecular flexibility index (Phi) is 4.89. The largest absolute Gasteiger partial charge is 0.405 e. The van der Waals surface area contributed by atoms with Crippen LogP contribution in [-0.2, 0) is 0 Å². The molecule has 0 bridgehead atoms. The first-order valence-electron chi connectivity index (χ1n) is 1.81. The van der Waals surface area contributed by atoms with E-state index in [0.717, 1.165) is 0 Å². The van der Waals surface area contributed by atoms with Crippen LogP contribution in [0.2, 0.25) is 0 Å². The second-order valence-corrected chi connectivity index (χ2v) is 1.07. The number of halogens is 1. The molecule has 0 fully saturated rings. The molecule has 0 aromatic carbocycles. The molecule has 2 nitrogen and oxygen atoms in total. The van der Waals surface area contributed by atoms with Gasteiger partial charge in [0, 0.05) is 18.0 Å². The van der Waals surface area contributed by atoms with Gasteiger partial charge in [0.25, 0.3) is 0 Å². The summed E-state index contributed by atoms with van der Waals surface area (Å²) in [5, 5.41) is 0. The third-order valence-electron chi connectivity index (χ3n) is 0.381. The fraction of sp³-hybridized carbons (Fsp3) is 0. The lowest BCUT2D eigenvalue weighted by molar-refractivity contribution is 1.39. The van der Waals surface area contributed by atoms with Crippen molar-refractivity contribution in [2.75, 3.05) is 0 Å². The highest BCUT2D eigenvalue weighted by Gasteiger charge is 1.56. The van der Waals surface area contributed by atoms with Crippen LogP contribution in [0.5, 0.6) is 0 Å². The van der Waals surface area contributed by atoms with Crippen molar-refractivity contribution >= 4 is 11.8 Å². The Morgan fingerprint density at radius 2 is 2.14 bits per heavy atom. The van der Waals surface area contributed by atoms with Crippen molar-refractivity contribution in [1.82, 2.24) is 4.84 Å². The molecule has 0 aliphatic heterocycles. The molecule has 0 aromatic heterocycles. The van der Waals surface area contributed by atoms with Crippen molar-refractivity contribution < 1.29 is 0 Å². The molecule has 0 atom stereocenters. The van der Waals surface area contributed by atoms with Crippen molar-refractivity contribution in [1.29, 1.82) is 0 Å². The Hall–Kier alpha value is -0.630. The molecule has 0 unspecified atom stereocenters. The lowest BCUT2D eigenvalue weighted by Gasteiger charge is -1.74. The first-order chi connectivity index (χ1) is 3.41. The molecule has 0 aromatic rings. The van der Waals surface area contributed by atoms with Crippen LogP contribution in [0.15, 0.2) is 24.6 Å². The monoisotopic (exact) mass is 118 g/mol. The topological polar surface area (TPSA) is 38.0 Å². The molecular weight excluding hydrogens is 112 g/mol. The van der Waals surface area contributed by atoms with Gasteiger partial charge in [0.05, 0.1) is 0 Å². The van der Waals surface area contributed by atoms with Gasteiger partial charge in [0.15, 0.2) is 0 Å². The normalized spacial score (nSPS) is 11.0. The number of allylic oxidation sites excluding steroid dienone is 2. The van der Waals surface area contributed by atoms with E-state index in [0.29, 0.717) is 0 Å². The Morgan fingerprint density at radius 1 is 1.43 bits per heavy atom. The maximum atomic E-state index is 5.03. The van der Waals surface area contributed by atoms with Crippen molar-refractivity contribution in [3.05, 3.63) is 24.6 Å². The summed E-state index contributed by atoms with van der Waals surface area (Å²) in [6.45, 7) is 0. The Bertz CT molecular complexity index is 77.8. The maximum Gasteiger partial charge on any atom is 0.0129 e. The van der Waals surface area contributed by atoms with E-state index < -0.39 is 0 Å². The minimum absolute atomic E-state index is 1.42. The minimum Gasteiger partial charge on any atom is -0.405 e. The second kappa shape index (κ2) is 5.37. The molecule has 7 heavy (non-hydrogen) atoms. The van der Waals surface area contributed by atoms with Crippen LogP contribution < -0.4 is 10.6 Å². The minimum atomic E-state index is 1.42. The van der Waals surface area contributed by atoms with Crippen molar-refractivity contribution in [2.24, 2.45) is 5.73 Å². The summed E-state index contributed by atoms with van der Waals surface area (Å²) in [6.07, 6.45) is 6.33. The van der Waals surface area contributed by atoms with Crippen LogP contribution in [0.25, 0.3) is 0 Å². The van der Waals surface area contributed by atoms with Gasteiger partial charge in [-0.2, -0.15) is 0 Å². The van der Waals surface area contributed by atoms with Crippen LogP contribution in [0.4, 0.5) is 0 Å². The Balaban J connectivity index is 3.09. The first-order valence-corrected chi connectivity index (χ1v) is 2.19. The van der Waals surface area contributed by atoms with Gasteiger partial charge in [-0.3, -0.25) is 0 Å². The molecule has 0 aliphatic rings. The lowest BCUT2D eigenvalue weighted by atomic mass is 10.6. The molecular formula is C4H7ClN2. The standard InChI is InChI=1S/C4H7ClN2/c5-7-4-2-1-3-6/h1-4,7H,6H2. The molecule has 0 spiro atoms. The molecule has 0 amide bonds. The summed E-state index contributed by atoms with van der Waals surface area (Å²) in [4.78, 5) is 2.29. The fourth-order valence-corrected chi connectivity index (χ4v) is 0.229. The van der Waals surface area contributed by atoms with Crippen LogP contribution in [0.1, 0.15) is 0 Å². The molecule has 3 heteroatoms. The number of nitrogens with one attached hydrogen (secondary N) is 1. The third kappa shape index (κ3) is 5.37. The number of nitrogens with two attached hydrogens (primary N) is 1. The van der Waals surface area contributed by atoms with Crippen molar-refractivity contribution in [3.8, 4) is 0 Å². The molecule has 0 rings (SSSR count). The third-order valence-corrected chi connectivity index (χ3v) is 0.507. The molecule has 0 saturated heterocycles. The average molecular weight is 119 g/mol. The maximum absolute atomic E-state index is 5.03. The molecule has 0 saturated carbocycles. The summed E-state index contributed by atoms with van der Waals surface area (Å²) < 4.78 is 0. The number of hydrogen-bond acceptors (Lipinski definition) is 2. The van der Waals surface area contributed by atoms with E-state index in [4.69, 9.17) is 17.5 Å². The predicted molar refractivity (Wildman–Crippen MR) is 31.5 cm³/mol. The Morgan fingerprint density at radius 3 is 2.57 bits per heavy atom. The zero-order valence-corrected chi connectivity index (χ0v) is 4.52. The van der Waals surface area contributed by atoms with Gasteiger partial charge in [-0.1, -0.05) is 0 Å². The van der Waals surface area contributed by atoms with E-state index in [2.05, 4.69) is 4.84 Å². The van der Waals surface area contributed by atoms with Gasteiger partial charge in [-0.15, -0.1) is 0 Å². The van der Waals surface area contributed by atoms with Gasteiger partial charge in [-0.25, -0.2) is 0 Å². The fourth-order valence-electron chi connectivity index (χ4n) is 0.156. The molecule has 40 valence electrons. The number of rotatable bonds is 2. The SMILES string of the molecule is NC=CC=CNCl. The first kappa shape index (κ1) is 6.37. The van der Waals surface area contributed by atoms with Gasteiger partial charge in [-0.05, 0) is 18.4 Å². The second-order valence-electron chi connectivity index (χ2n) is 0.853. The summed E-state index contributed by atoms with van der Waals surface area (Å²) in [5.74, 6) is 0. The lowest BCUT2D eigenvalue weighted by Crippen LogP contribution is -1.79. The van der Waals surface area contributed by atoms with E-state index in [9.17, 15) is 0 Å². The highest BCUT2D eigenvalue weighted by Crippen LogP contribution is 1.69. The van der Waals surface area contributed by atoms with Gasteiger partial charge in [0.1, 0.15) is 0 Å². The van der Waals surface area contributed by atoms with Crippen LogP contribution in [-0.4, -0.2) is 0 Å². The molecule has 0 radical (unpaired) electrons. The summed E-state index contributed by atoms with van der Waals surface area (Å²) in [5.41, 5.74) is 4.97. The predicted octanol–water partition coefficient (Wildman–Crippen LogP) is 0.716. The highest BCUT2D eigenvalue weighted by molar-refractivity contribution is 6.14. The van der Waals surface area contributed by atoms with E-state index in [1.807, 2.05) is 0 Å². The summed E-state index contributed by atoms with van der Waals surface area (Å²) >= 11 is 5.03. The van der Waals surface area contributed by atoms with E-state index in [1.54, 1.807) is 18.4 Å². The molecule has 3 N–H and O–H groups in total. The van der Waals surface area contributed by atoms with Crippen LogP contribution in [0, 0.1) is 0 Å². The summed E-state index contributed by atoms with van der Waals surface area (Å²) in [6, 6.07) is 0. The van der Waals surface area contributed by atoms with Crippen LogP contribution in [0.3, 0.4) is 0 Å². The quantitative estimate of drug-likeness (QED) is 0.414. The van der Waals surface area contributed by atoms with E-state index in [1.165, 1.54) is 6.20 Å². The van der Waals surface area contributed by atoms with E-state index >= 15 is 0 Å². The summed E-state index contributed by atoms with van der Waals surface area (Å²) in [7, 11) is 0. The van der Waals surface area contributed by atoms with Crippen LogP contribution >= 0.6 is 11.8 Å². The van der Waals surface area contributed by atoms with Crippen molar-refractivity contribution in [2.45, 2.75) is 0 Å². The van der Waals surface area contributed by atoms with Gasteiger partial charge < -0.3 is 10.6 Å². The van der Waals surface area contributed by atoms with Crippen molar-refractivity contribution in [3.63, 3.8) is 0 Å². The number of hydrogen-bond donors (Lipinski definition) is 2. The smallest absolute Gasteiger partial charge is 0.0129 e. The highest BCUT2D eigenvalue weighted by atomic mass is 35.5.